The summed E-state index contributed by atoms with van der Waals surface area (Å²) in [5.74, 6) is 0. The largest absolute Gasteiger partial charge is 0.308 e. The van der Waals surface area contributed by atoms with Crippen molar-refractivity contribution in [3.8, 4) is 27.9 Å². The van der Waals surface area contributed by atoms with Gasteiger partial charge >= 0.3 is 0 Å². The fourth-order valence-corrected chi connectivity index (χ4v) is 7.00. The molecule has 0 spiro atoms. The second kappa shape index (κ2) is 12.7. The Balaban J connectivity index is 0.000000160. The minimum Gasteiger partial charge on any atom is -0.308 e. The lowest BCUT2D eigenvalue weighted by atomic mass is 9.89. The SMILES string of the molecule is Cn1cc(-c2cccc3cc(C(C)(C)C)n(-c4ccccc4)c(=O)c23)cn1.Cn1cc(-c2cccc3cc(C(C)(C)C)n(C4CC4)c(=O)c23)cn1. The Kier molecular flexibility index (Phi) is 8.44. The van der Waals surface area contributed by atoms with Gasteiger partial charge in [0.2, 0.25) is 0 Å². The molecule has 0 aliphatic heterocycles. The third-order valence-electron chi connectivity index (χ3n) is 9.62. The maximum atomic E-state index is 13.7. The molecule has 1 fully saturated rings. The number of fused-ring (bicyclic) bond motifs is 2. The summed E-state index contributed by atoms with van der Waals surface area (Å²) < 4.78 is 7.43. The maximum absolute atomic E-state index is 13.7. The summed E-state index contributed by atoms with van der Waals surface area (Å²) in [7, 11) is 3.78. The normalized spacial score (nSPS) is 13.4. The fourth-order valence-electron chi connectivity index (χ4n) is 7.00. The molecular weight excluding hydrogens is 633 g/mol. The van der Waals surface area contributed by atoms with Crippen molar-refractivity contribution in [3.63, 3.8) is 0 Å². The van der Waals surface area contributed by atoms with Gasteiger partial charge in [0.05, 0.1) is 23.2 Å². The van der Waals surface area contributed by atoms with Gasteiger partial charge in [-0.3, -0.25) is 23.5 Å². The fraction of sp³-hybridized carbons (Fsp3) is 0.302. The summed E-state index contributed by atoms with van der Waals surface area (Å²) in [4.78, 5) is 27.1. The lowest BCUT2D eigenvalue weighted by Gasteiger charge is -2.25. The van der Waals surface area contributed by atoms with Crippen molar-refractivity contribution < 1.29 is 0 Å². The van der Waals surface area contributed by atoms with Crippen LogP contribution in [-0.4, -0.2) is 28.7 Å². The first kappa shape index (κ1) is 34.0. The van der Waals surface area contributed by atoms with Crippen LogP contribution in [-0.2, 0) is 24.9 Å². The minimum absolute atomic E-state index is 0.00285. The molecule has 4 aromatic heterocycles. The van der Waals surface area contributed by atoms with Crippen LogP contribution in [0.5, 0.6) is 0 Å². The minimum atomic E-state index is -0.173. The van der Waals surface area contributed by atoms with E-state index < -0.39 is 0 Å². The molecule has 7 aromatic rings. The van der Waals surface area contributed by atoms with Gasteiger partial charge in [-0.1, -0.05) is 96.1 Å². The zero-order chi connectivity index (χ0) is 36.2. The molecule has 51 heavy (non-hydrogen) atoms. The molecule has 3 aromatic carbocycles. The molecule has 1 saturated carbocycles. The van der Waals surface area contributed by atoms with E-state index in [1.54, 1.807) is 15.6 Å². The first-order valence-electron chi connectivity index (χ1n) is 17.6. The highest BCUT2D eigenvalue weighted by Crippen LogP contribution is 2.39. The molecule has 8 nitrogen and oxygen atoms in total. The number of rotatable bonds is 4. The second-order valence-corrected chi connectivity index (χ2v) is 15.8. The van der Waals surface area contributed by atoms with E-state index in [1.807, 2.05) is 109 Å². The predicted octanol–water partition coefficient (Wildman–Crippen LogP) is 8.72. The van der Waals surface area contributed by atoms with Gasteiger partial charge in [-0.15, -0.1) is 0 Å². The number of hydrogen-bond acceptors (Lipinski definition) is 4. The van der Waals surface area contributed by atoms with Gasteiger partial charge in [-0.25, -0.2) is 0 Å². The Bertz CT molecular complexity index is 2520. The summed E-state index contributed by atoms with van der Waals surface area (Å²) in [6, 6.07) is 26.7. The number of hydrogen-bond donors (Lipinski definition) is 0. The molecule has 0 amide bonds. The van der Waals surface area contributed by atoms with Gasteiger partial charge in [0.15, 0.2) is 0 Å². The molecule has 0 bridgehead atoms. The zero-order valence-electron chi connectivity index (χ0n) is 30.8. The van der Waals surface area contributed by atoms with Gasteiger partial charge in [0.25, 0.3) is 11.1 Å². The number of benzene rings is 3. The topological polar surface area (TPSA) is 79.6 Å². The predicted molar refractivity (Wildman–Crippen MR) is 208 cm³/mol. The van der Waals surface area contributed by atoms with E-state index in [9.17, 15) is 9.59 Å². The number of nitrogens with zero attached hydrogens (tertiary/aromatic N) is 6. The van der Waals surface area contributed by atoms with Crippen LogP contribution in [0.15, 0.2) is 113 Å². The van der Waals surface area contributed by atoms with Crippen LogP contribution < -0.4 is 11.1 Å². The summed E-state index contributed by atoms with van der Waals surface area (Å²) >= 11 is 0. The first-order chi connectivity index (χ1) is 24.2. The van der Waals surface area contributed by atoms with Crippen LogP contribution in [0.1, 0.15) is 71.8 Å². The van der Waals surface area contributed by atoms with Crippen LogP contribution in [0.2, 0.25) is 0 Å². The van der Waals surface area contributed by atoms with E-state index in [-0.39, 0.29) is 21.9 Å². The van der Waals surface area contributed by atoms with Gasteiger partial charge in [-0.05, 0) is 59.0 Å². The third kappa shape index (κ3) is 6.47. The van der Waals surface area contributed by atoms with Crippen molar-refractivity contribution in [2.24, 2.45) is 14.1 Å². The molecule has 0 atom stereocenters. The van der Waals surface area contributed by atoms with E-state index in [0.29, 0.717) is 6.04 Å². The van der Waals surface area contributed by atoms with E-state index in [1.165, 1.54) is 0 Å². The molecule has 0 radical (unpaired) electrons. The Morgan fingerprint density at radius 1 is 0.608 bits per heavy atom. The number of aryl methyl sites for hydroxylation is 2. The smallest absolute Gasteiger partial charge is 0.263 e. The summed E-state index contributed by atoms with van der Waals surface area (Å²) in [5.41, 5.74) is 6.75. The Morgan fingerprint density at radius 3 is 1.55 bits per heavy atom. The van der Waals surface area contributed by atoms with Gasteiger partial charge in [-0.2, -0.15) is 10.2 Å². The zero-order valence-corrected chi connectivity index (χ0v) is 30.8. The van der Waals surface area contributed by atoms with Gasteiger partial charge in [0, 0.05) is 71.6 Å². The monoisotopic (exact) mass is 678 g/mol. The van der Waals surface area contributed by atoms with Crippen molar-refractivity contribution in [1.29, 1.82) is 0 Å². The van der Waals surface area contributed by atoms with E-state index in [4.69, 9.17) is 0 Å². The molecule has 8 rings (SSSR count). The van der Waals surface area contributed by atoms with E-state index in [2.05, 4.69) is 63.9 Å². The van der Waals surface area contributed by atoms with Crippen molar-refractivity contribution in [1.82, 2.24) is 28.7 Å². The summed E-state index contributed by atoms with van der Waals surface area (Å²) in [5, 5.41) is 12.0. The highest BCUT2D eigenvalue weighted by Gasteiger charge is 2.32. The molecular formula is C43H46N6O2. The molecule has 260 valence electrons. The Morgan fingerprint density at radius 2 is 1.10 bits per heavy atom. The van der Waals surface area contributed by atoms with Crippen LogP contribution in [0.4, 0.5) is 0 Å². The molecule has 8 heteroatoms. The van der Waals surface area contributed by atoms with Crippen molar-refractivity contribution in [3.05, 3.63) is 136 Å². The first-order valence-corrected chi connectivity index (χ1v) is 17.6. The lowest BCUT2D eigenvalue weighted by Crippen LogP contribution is -2.29. The van der Waals surface area contributed by atoms with E-state index >= 15 is 0 Å². The Hall–Kier alpha value is -5.50. The van der Waals surface area contributed by atoms with Crippen LogP contribution >= 0.6 is 0 Å². The highest BCUT2D eigenvalue weighted by molar-refractivity contribution is 5.97. The molecule has 0 saturated heterocycles. The standard InChI is InChI=1S/C23H23N3O.C20H23N3O/c1-23(2,3)20-13-16-9-8-12-19(17-14-24-25(4)15-17)21(16)22(27)26(20)18-10-6-5-7-11-18;1-20(2,3)17-10-13-6-5-7-16(14-11-21-22(4)12-14)18(13)19(24)23(17)15-8-9-15/h5-15H,1-4H3;5-7,10-12,15H,8-9H2,1-4H3. The third-order valence-corrected chi connectivity index (χ3v) is 9.62. The Labute approximate surface area is 298 Å². The number of pyridine rings is 2. The van der Waals surface area contributed by atoms with Crippen LogP contribution in [0, 0.1) is 0 Å². The number of aromatic nitrogens is 6. The van der Waals surface area contributed by atoms with E-state index in [0.717, 1.165) is 73.7 Å². The lowest BCUT2D eigenvalue weighted by molar-refractivity contribution is 0.508. The molecule has 0 N–H and O–H groups in total. The average molecular weight is 679 g/mol. The molecule has 0 unspecified atom stereocenters. The second-order valence-electron chi connectivity index (χ2n) is 15.8. The molecule has 4 heterocycles. The van der Waals surface area contributed by atoms with Crippen molar-refractivity contribution in [2.45, 2.75) is 71.3 Å². The van der Waals surface area contributed by atoms with Crippen LogP contribution in [0.3, 0.4) is 0 Å². The highest BCUT2D eigenvalue weighted by atomic mass is 16.1. The van der Waals surface area contributed by atoms with Gasteiger partial charge in [0.1, 0.15) is 0 Å². The van der Waals surface area contributed by atoms with Crippen molar-refractivity contribution >= 4 is 21.5 Å². The number of para-hydroxylation sites is 1. The maximum Gasteiger partial charge on any atom is 0.263 e. The van der Waals surface area contributed by atoms with Crippen LogP contribution in [0.25, 0.3) is 49.5 Å². The average Bonchev–Trinajstić information content (AvgIpc) is 3.68. The van der Waals surface area contributed by atoms with Gasteiger partial charge < -0.3 is 4.57 Å². The molecule has 1 aliphatic carbocycles. The van der Waals surface area contributed by atoms with Crippen molar-refractivity contribution in [2.75, 3.05) is 0 Å². The summed E-state index contributed by atoms with van der Waals surface area (Å²) in [6.07, 6.45) is 9.74. The quantitative estimate of drug-likeness (QED) is 0.187. The summed E-state index contributed by atoms with van der Waals surface area (Å²) in [6.45, 7) is 12.9. The molecule has 1 aliphatic rings.